The van der Waals surface area contributed by atoms with Gasteiger partial charge in [0.05, 0.1) is 17.7 Å². The predicted molar refractivity (Wildman–Crippen MR) is 122 cm³/mol. The summed E-state index contributed by atoms with van der Waals surface area (Å²) in [5, 5.41) is 9.48. The number of oxazole rings is 1. The molecule has 0 fully saturated rings. The van der Waals surface area contributed by atoms with E-state index in [-0.39, 0.29) is 5.56 Å². The highest BCUT2D eigenvalue weighted by Crippen LogP contribution is 2.28. The monoisotopic (exact) mass is 426 g/mol. The van der Waals surface area contributed by atoms with E-state index in [1.807, 2.05) is 30.3 Å². The Hall–Kier alpha value is -4.00. The van der Waals surface area contributed by atoms with E-state index in [2.05, 4.69) is 21.5 Å². The van der Waals surface area contributed by atoms with Crippen molar-refractivity contribution in [2.75, 3.05) is 0 Å². The Labute approximate surface area is 184 Å². The number of aryl methyl sites for hydroxylation is 1. The Morgan fingerprint density at radius 2 is 1.94 bits per heavy atom. The third kappa shape index (κ3) is 3.62. The molecule has 5 rings (SSSR count). The molecule has 0 atom stereocenters. The van der Waals surface area contributed by atoms with Crippen molar-refractivity contribution in [1.29, 1.82) is 0 Å². The van der Waals surface area contributed by atoms with Gasteiger partial charge in [0.15, 0.2) is 11.2 Å². The number of nitrogens with zero attached hydrogens (tertiary/aromatic N) is 4. The number of pyridine rings is 1. The summed E-state index contributed by atoms with van der Waals surface area (Å²) in [6.07, 6.45) is 4.85. The van der Waals surface area contributed by atoms with Crippen LogP contribution in [-0.2, 0) is 13.0 Å². The van der Waals surface area contributed by atoms with Gasteiger partial charge in [-0.25, -0.2) is 19.7 Å². The van der Waals surface area contributed by atoms with Crippen LogP contribution in [0.1, 0.15) is 41.5 Å². The summed E-state index contributed by atoms with van der Waals surface area (Å²) in [5.74, 6) is 0.311. The molecule has 0 aliphatic heterocycles. The Balaban J connectivity index is 1.53. The first-order chi connectivity index (χ1) is 15.6. The van der Waals surface area contributed by atoms with Gasteiger partial charge in [-0.05, 0) is 48.4 Å². The molecule has 2 aromatic carbocycles. The maximum atomic E-state index is 11.6. The number of rotatable bonds is 7. The van der Waals surface area contributed by atoms with E-state index in [1.54, 1.807) is 30.5 Å². The average Bonchev–Trinajstić information content (AvgIpc) is 3.39. The van der Waals surface area contributed by atoms with Gasteiger partial charge < -0.3 is 14.1 Å². The highest BCUT2D eigenvalue weighted by atomic mass is 16.4. The second-order valence-electron chi connectivity index (χ2n) is 7.74. The van der Waals surface area contributed by atoms with Crippen LogP contribution < -0.4 is 0 Å². The van der Waals surface area contributed by atoms with Crippen LogP contribution in [0.15, 0.2) is 65.2 Å². The van der Waals surface area contributed by atoms with E-state index < -0.39 is 5.97 Å². The van der Waals surface area contributed by atoms with Gasteiger partial charge in [-0.15, -0.1) is 0 Å². The predicted octanol–water partition coefficient (Wildman–Crippen LogP) is 5.33. The summed E-state index contributed by atoms with van der Waals surface area (Å²) in [7, 11) is 0. The molecule has 7 nitrogen and oxygen atoms in total. The van der Waals surface area contributed by atoms with Crippen LogP contribution in [0.4, 0.5) is 0 Å². The lowest BCUT2D eigenvalue weighted by Crippen LogP contribution is -2.06. The fourth-order valence-electron chi connectivity index (χ4n) is 3.92. The van der Waals surface area contributed by atoms with Crippen molar-refractivity contribution in [2.45, 2.75) is 32.7 Å². The van der Waals surface area contributed by atoms with Crippen molar-refractivity contribution in [3.8, 4) is 11.5 Å². The van der Waals surface area contributed by atoms with Crippen molar-refractivity contribution in [3.05, 3.63) is 77.7 Å². The van der Waals surface area contributed by atoms with Crippen LogP contribution in [-0.4, -0.2) is 30.6 Å². The van der Waals surface area contributed by atoms with E-state index in [4.69, 9.17) is 9.40 Å². The maximum absolute atomic E-state index is 11.6. The minimum atomic E-state index is -1.01. The molecule has 160 valence electrons. The average molecular weight is 426 g/mol. The number of benzene rings is 2. The smallest absolute Gasteiger partial charge is 0.336 e. The SMILES string of the molecule is CCCCc1nc2cccnc2n1Cc1ccc2nc(-c3ccccc3C(=O)O)oc2c1. The number of hydrogen-bond acceptors (Lipinski definition) is 5. The summed E-state index contributed by atoms with van der Waals surface area (Å²) >= 11 is 0. The quantitative estimate of drug-likeness (QED) is 0.378. The standard InChI is InChI=1S/C25H22N4O3/c1-2-3-10-22-27-20-9-6-13-26-23(20)29(22)15-16-11-12-19-21(14-16)32-24(28-19)17-7-4-5-8-18(17)25(30)31/h4-9,11-14H,2-3,10,15H2,1H3,(H,30,31). The van der Waals surface area contributed by atoms with Crippen molar-refractivity contribution in [3.63, 3.8) is 0 Å². The number of aromatic carboxylic acids is 1. The van der Waals surface area contributed by atoms with Crippen LogP contribution in [0.2, 0.25) is 0 Å². The first-order valence-electron chi connectivity index (χ1n) is 10.7. The Bertz CT molecular complexity index is 1430. The Morgan fingerprint density at radius 1 is 1.06 bits per heavy atom. The molecule has 5 aromatic rings. The first kappa shape index (κ1) is 19.9. The second kappa shape index (κ2) is 8.26. The molecule has 0 aliphatic rings. The van der Waals surface area contributed by atoms with Gasteiger partial charge in [-0.3, -0.25) is 0 Å². The number of unbranched alkanes of at least 4 members (excludes halogenated alkanes) is 1. The maximum Gasteiger partial charge on any atom is 0.336 e. The van der Waals surface area contributed by atoms with Crippen LogP contribution in [0.5, 0.6) is 0 Å². The molecule has 0 radical (unpaired) electrons. The van der Waals surface area contributed by atoms with E-state index in [0.29, 0.717) is 29.1 Å². The lowest BCUT2D eigenvalue weighted by atomic mass is 10.1. The molecule has 0 aliphatic carbocycles. The van der Waals surface area contributed by atoms with Gasteiger partial charge in [0.2, 0.25) is 5.89 Å². The van der Waals surface area contributed by atoms with Gasteiger partial charge >= 0.3 is 5.97 Å². The van der Waals surface area contributed by atoms with E-state index in [9.17, 15) is 9.90 Å². The summed E-state index contributed by atoms with van der Waals surface area (Å²) in [5.41, 5.74) is 4.72. The van der Waals surface area contributed by atoms with Crippen LogP contribution in [0, 0.1) is 0 Å². The van der Waals surface area contributed by atoms with Crippen LogP contribution >= 0.6 is 0 Å². The van der Waals surface area contributed by atoms with Gasteiger partial charge in [0.25, 0.3) is 0 Å². The zero-order valence-electron chi connectivity index (χ0n) is 17.7. The molecule has 0 unspecified atom stereocenters. The topological polar surface area (TPSA) is 94.0 Å². The third-order valence-corrected chi connectivity index (χ3v) is 5.52. The molecule has 3 heterocycles. The molecule has 7 heteroatoms. The fourth-order valence-corrected chi connectivity index (χ4v) is 3.92. The molecule has 32 heavy (non-hydrogen) atoms. The molecule has 3 aromatic heterocycles. The molecule has 0 bridgehead atoms. The number of imidazole rings is 1. The van der Waals surface area contributed by atoms with Gasteiger partial charge in [0.1, 0.15) is 16.9 Å². The van der Waals surface area contributed by atoms with Crippen LogP contribution in [0.3, 0.4) is 0 Å². The molecular formula is C25H22N4O3. The second-order valence-corrected chi connectivity index (χ2v) is 7.74. The molecule has 0 spiro atoms. The number of hydrogen-bond donors (Lipinski definition) is 1. The summed E-state index contributed by atoms with van der Waals surface area (Å²) in [4.78, 5) is 25.4. The summed E-state index contributed by atoms with van der Waals surface area (Å²) in [6.45, 7) is 2.79. The number of aromatic nitrogens is 4. The van der Waals surface area contributed by atoms with Crippen molar-refractivity contribution >= 4 is 28.2 Å². The number of carbonyl (C=O) groups is 1. The van der Waals surface area contributed by atoms with Crippen molar-refractivity contribution in [1.82, 2.24) is 19.5 Å². The highest BCUT2D eigenvalue weighted by molar-refractivity contribution is 5.95. The first-order valence-corrected chi connectivity index (χ1v) is 10.7. The third-order valence-electron chi connectivity index (χ3n) is 5.52. The molecule has 1 N–H and O–H groups in total. The van der Waals surface area contributed by atoms with Gasteiger partial charge in [-0.2, -0.15) is 0 Å². The molecule has 0 saturated heterocycles. The number of fused-ring (bicyclic) bond motifs is 2. The zero-order valence-corrected chi connectivity index (χ0v) is 17.7. The molecule has 0 amide bonds. The highest BCUT2D eigenvalue weighted by Gasteiger charge is 2.17. The largest absolute Gasteiger partial charge is 0.478 e. The van der Waals surface area contributed by atoms with Gasteiger partial charge in [0, 0.05) is 12.6 Å². The minimum Gasteiger partial charge on any atom is -0.478 e. The summed E-state index contributed by atoms with van der Waals surface area (Å²) in [6, 6.07) is 16.5. The summed E-state index contributed by atoms with van der Waals surface area (Å²) < 4.78 is 8.13. The molecule has 0 saturated carbocycles. The van der Waals surface area contributed by atoms with Crippen molar-refractivity contribution in [2.24, 2.45) is 0 Å². The van der Waals surface area contributed by atoms with E-state index in [1.165, 1.54) is 0 Å². The van der Waals surface area contributed by atoms with Crippen LogP contribution in [0.25, 0.3) is 33.7 Å². The van der Waals surface area contributed by atoms with Gasteiger partial charge in [-0.1, -0.05) is 31.5 Å². The minimum absolute atomic E-state index is 0.163. The number of carboxylic acids is 1. The zero-order chi connectivity index (χ0) is 22.1. The number of carboxylic acid groups (broad SMARTS) is 1. The fraction of sp³-hybridized carbons (Fsp3) is 0.200. The van der Waals surface area contributed by atoms with Crippen molar-refractivity contribution < 1.29 is 14.3 Å². The Morgan fingerprint density at radius 3 is 2.78 bits per heavy atom. The van der Waals surface area contributed by atoms with E-state index >= 15 is 0 Å². The van der Waals surface area contributed by atoms with E-state index in [0.717, 1.165) is 41.8 Å². The lowest BCUT2D eigenvalue weighted by molar-refractivity contribution is 0.0697. The lowest BCUT2D eigenvalue weighted by Gasteiger charge is -2.08. The normalized spacial score (nSPS) is 11.4. The Kier molecular flexibility index (Phi) is 5.15. The molecular weight excluding hydrogens is 404 g/mol.